The lowest BCUT2D eigenvalue weighted by Crippen LogP contribution is -2.33. The van der Waals surface area contributed by atoms with Crippen LogP contribution in [-0.2, 0) is 10.0 Å². The highest BCUT2D eigenvalue weighted by atomic mass is 32.2. The first-order valence-corrected chi connectivity index (χ1v) is 6.77. The Labute approximate surface area is 85.8 Å². The first kappa shape index (κ1) is 11.9. The van der Waals surface area contributed by atoms with Crippen molar-refractivity contribution < 1.29 is 13.5 Å². The zero-order chi connectivity index (χ0) is 10.7. The van der Waals surface area contributed by atoms with Crippen LogP contribution >= 0.6 is 0 Å². The number of rotatable bonds is 7. The Hall–Kier alpha value is -0.130. The summed E-state index contributed by atoms with van der Waals surface area (Å²) in [4.78, 5) is 0. The lowest BCUT2D eigenvalue weighted by Gasteiger charge is -2.14. The molecule has 14 heavy (non-hydrogen) atoms. The molecule has 2 N–H and O–H groups in total. The second-order valence-corrected chi connectivity index (χ2v) is 6.04. The molecule has 1 saturated carbocycles. The van der Waals surface area contributed by atoms with Crippen LogP contribution in [0.2, 0.25) is 0 Å². The minimum Gasteiger partial charge on any atom is -0.395 e. The number of hydrogen-bond donors (Lipinski definition) is 2. The van der Waals surface area contributed by atoms with Gasteiger partial charge < -0.3 is 5.11 Å². The van der Waals surface area contributed by atoms with Gasteiger partial charge in [-0.05, 0) is 24.7 Å². The third-order valence-corrected chi connectivity index (χ3v) is 4.07. The second kappa shape index (κ2) is 4.59. The number of nitrogens with one attached hydrogen (secondary N) is 1. The third-order valence-electron chi connectivity index (χ3n) is 2.76. The van der Waals surface area contributed by atoms with Crippen molar-refractivity contribution >= 4 is 10.0 Å². The van der Waals surface area contributed by atoms with Gasteiger partial charge >= 0.3 is 0 Å². The van der Waals surface area contributed by atoms with Crippen LogP contribution in [0.3, 0.4) is 0 Å². The molecule has 5 heteroatoms. The molecule has 0 aromatic rings. The van der Waals surface area contributed by atoms with Gasteiger partial charge in [-0.25, -0.2) is 13.1 Å². The summed E-state index contributed by atoms with van der Waals surface area (Å²) in [6, 6.07) is 0. The van der Waals surface area contributed by atoms with E-state index in [2.05, 4.69) is 11.6 Å². The van der Waals surface area contributed by atoms with Crippen molar-refractivity contribution in [2.75, 3.05) is 18.9 Å². The van der Waals surface area contributed by atoms with Crippen LogP contribution in [0.1, 0.15) is 32.6 Å². The monoisotopic (exact) mass is 221 g/mol. The summed E-state index contributed by atoms with van der Waals surface area (Å²) in [5, 5.41) is 8.53. The number of aliphatic hydroxyl groups is 1. The molecule has 1 rings (SSSR count). The summed E-state index contributed by atoms with van der Waals surface area (Å²) in [5.74, 6) is -0.185. The van der Waals surface area contributed by atoms with Crippen molar-refractivity contribution in [2.24, 2.45) is 5.41 Å². The zero-order valence-electron chi connectivity index (χ0n) is 8.62. The van der Waals surface area contributed by atoms with Gasteiger partial charge in [0.1, 0.15) is 0 Å². The van der Waals surface area contributed by atoms with Gasteiger partial charge in [0.15, 0.2) is 0 Å². The Morgan fingerprint density at radius 3 is 2.50 bits per heavy atom. The molecule has 0 unspecified atom stereocenters. The van der Waals surface area contributed by atoms with E-state index in [1.807, 2.05) is 0 Å². The van der Waals surface area contributed by atoms with E-state index in [0.29, 0.717) is 6.54 Å². The van der Waals surface area contributed by atoms with Crippen molar-refractivity contribution in [1.82, 2.24) is 4.72 Å². The molecule has 0 aliphatic heterocycles. The highest BCUT2D eigenvalue weighted by Gasteiger charge is 2.41. The average Bonchev–Trinajstić information content (AvgIpc) is 2.83. The fraction of sp³-hybridized carbons (Fsp3) is 1.00. The van der Waals surface area contributed by atoms with Crippen LogP contribution in [0.5, 0.6) is 0 Å². The standard InChI is InChI=1S/C9H19NO3S/c1-2-3-9(4-5-9)8-10-14(12,13)7-6-11/h10-11H,2-8H2,1H3. The maximum atomic E-state index is 11.2. The highest BCUT2D eigenvalue weighted by molar-refractivity contribution is 7.89. The fourth-order valence-corrected chi connectivity index (χ4v) is 2.59. The predicted octanol–water partition coefficient (Wildman–Crippen LogP) is 0.478. The Morgan fingerprint density at radius 2 is 2.07 bits per heavy atom. The number of hydrogen-bond acceptors (Lipinski definition) is 3. The number of sulfonamides is 1. The van der Waals surface area contributed by atoms with E-state index in [9.17, 15) is 8.42 Å². The van der Waals surface area contributed by atoms with Gasteiger partial charge in [-0.1, -0.05) is 13.3 Å². The van der Waals surface area contributed by atoms with E-state index in [0.717, 1.165) is 25.7 Å². The van der Waals surface area contributed by atoms with Gasteiger partial charge in [0.2, 0.25) is 10.0 Å². The molecule has 0 saturated heterocycles. The van der Waals surface area contributed by atoms with Crippen molar-refractivity contribution in [3.05, 3.63) is 0 Å². The van der Waals surface area contributed by atoms with Crippen LogP contribution in [0.4, 0.5) is 0 Å². The van der Waals surface area contributed by atoms with Crippen LogP contribution in [0.25, 0.3) is 0 Å². The molecule has 0 bridgehead atoms. The maximum absolute atomic E-state index is 11.2. The molecule has 0 radical (unpaired) electrons. The van der Waals surface area contributed by atoms with E-state index in [1.165, 1.54) is 0 Å². The van der Waals surface area contributed by atoms with E-state index in [4.69, 9.17) is 5.11 Å². The highest BCUT2D eigenvalue weighted by Crippen LogP contribution is 2.48. The van der Waals surface area contributed by atoms with E-state index >= 15 is 0 Å². The van der Waals surface area contributed by atoms with Crippen molar-refractivity contribution in [3.8, 4) is 0 Å². The Morgan fingerprint density at radius 1 is 1.43 bits per heavy atom. The lowest BCUT2D eigenvalue weighted by molar-refractivity contribution is 0.318. The topological polar surface area (TPSA) is 66.4 Å². The van der Waals surface area contributed by atoms with Gasteiger partial charge in [-0.15, -0.1) is 0 Å². The van der Waals surface area contributed by atoms with E-state index in [-0.39, 0.29) is 17.8 Å². The Kier molecular flexibility index (Phi) is 3.92. The summed E-state index contributed by atoms with van der Waals surface area (Å²) >= 11 is 0. The third kappa shape index (κ3) is 3.55. The molecule has 0 aromatic heterocycles. The molecule has 1 aliphatic carbocycles. The predicted molar refractivity (Wildman–Crippen MR) is 55.5 cm³/mol. The molecule has 0 amide bonds. The molecule has 0 heterocycles. The summed E-state index contributed by atoms with van der Waals surface area (Å²) < 4.78 is 25.0. The van der Waals surface area contributed by atoms with Gasteiger partial charge in [0.05, 0.1) is 12.4 Å². The Bertz CT molecular complexity index is 270. The van der Waals surface area contributed by atoms with E-state index < -0.39 is 10.0 Å². The van der Waals surface area contributed by atoms with E-state index in [1.54, 1.807) is 0 Å². The lowest BCUT2D eigenvalue weighted by atomic mass is 10.0. The van der Waals surface area contributed by atoms with Crippen LogP contribution in [-0.4, -0.2) is 32.4 Å². The zero-order valence-corrected chi connectivity index (χ0v) is 9.44. The van der Waals surface area contributed by atoms with Crippen molar-refractivity contribution in [3.63, 3.8) is 0 Å². The van der Waals surface area contributed by atoms with Gasteiger partial charge in [-0.2, -0.15) is 0 Å². The number of aliphatic hydroxyl groups excluding tert-OH is 1. The van der Waals surface area contributed by atoms with Crippen LogP contribution in [0.15, 0.2) is 0 Å². The summed E-state index contributed by atoms with van der Waals surface area (Å²) in [6.45, 7) is 2.35. The van der Waals surface area contributed by atoms with Crippen LogP contribution in [0, 0.1) is 5.41 Å². The van der Waals surface area contributed by atoms with Gasteiger partial charge in [0, 0.05) is 6.54 Å². The minimum absolute atomic E-state index is 0.185. The molecule has 1 aliphatic rings. The first-order chi connectivity index (χ1) is 6.54. The van der Waals surface area contributed by atoms with Gasteiger partial charge in [0.25, 0.3) is 0 Å². The normalized spacial score (nSPS) is 19.6. The van der Waals surface area contributed by atoms with Crippen LogP contribution < -0.4 is 4.72 Å². The second-order valence-electron chi connectivity index (χ2n) is 4.11. The molecule has 0 spiro atoms. The fourth-order valence-electron chi connectivity index (χ4n) is 1.68. The maximum Gasteiger partial charge on any atom is 0.213 e. The molecule has 0 aromatic carbocycles. The molecule has 84 valence electrons. The van der Waals surface area contributed by atoms with Crippen molar-refractivity contribution in [1.29, 1.82) is 0 Å². The largest absolute Gasteiger partial charge is 0.395 e. The first-order valence-electron chi connectivity index (χ1n) is 5.12. The quantitative estimate of drug-likeness (QED) is 0.657. The summed E-state index contributed by atoms with van der Waals surface area (Å²) in [7, 11) is -3.24. The molecule has 1 fully saturated rings. The molecule has 4 nitrogen and oxygen atoms in total. The molecular formula is C9H19NO3S. The summed E-state index contributed by atoms with van der Waals surface area (Å²) in [5.41, 5.74) is 0.233. The Balaban J connectivity index is 2.33. The minimum atomic E-state index is -3.24. The van der Waals surface area contributed by atoms with Gasteiger partial charge in [-0.3, -0.25) is 0 Å². The SMILES string of the molecule is CCCC1(CNS(=O)(=O)CCO)CC1. The molecular weight excluding hydrogens is 202 g/mol. The van der Waals surface area contributed by atoms with Crippen molar-refractivity contribution in [2.45, 2.75) is 32.6 Å². The smallest absolute Gasteiger partial charge is 0.213 e. The summed E-state index contributed by atoms with van der Waals surface area (Å²) in [6.07, 6.45) is 4.45. The average molecular weight is 221 g/mol. The molecule has 0 atom stereocenters.